The molecule has 1 amide bonds. The zero-order chi connectivity index (χ0) is 22.7. The van der Waals surface area contributed by atoms with Crippen LogP contribution in [0.25, 0.3) is 0 Å². The Morgan fingerprint density at radius 2 is 2.03 bits per heavy atom. The van der Waals surface area contributed by atoms with Crippen LogP contribution in [0, 0.1) is 0 Å². The Morgan fingerprint density at radius 3 is 2.69 bits per heavy atom. The van der Waals surface area contributed by atoms with Gasteiger partial charge in [-0.1, -0.05) is 41.9 Å². The molecule has 2 heterocycles. The molecule has 2 saturated heterocycles. The monoisotopic (exact) mass is 458 g/mol. The van der Waals surface area contributed by atoms with Crippen molar-refractivity contribution in [2.45, 2.75) is 50.0 Å². The van der Waals surface area contributed by atoms with Gasteiger partial charge in [0.15, 0.2) is 0 Å². The lowest BCUT2D eigenvalue weighted by molar-refractivity contribution is -0.154. The van der Waals surface area contributed by atoms with Gasteiger partial charge in [0.1, 0.15) is 17.9 Å². The predicted molar refractivity (Wildman–Crippen MR) is 120 cm³/mol. The van der Waals surface area contributed by atoms with Gasteiger partial charge in [-0.3, -0.25) is 4.79 Å². The minimum absolute atomic E-state index is 0.256. The first-order valence-corrected chi connectivity index (χ1v) is 11.1. The third-order valence-electron chi connectivity index (χ3n) is 6.18. The first-order chi connectivity index (χ1) is 15.5. The SMILES string of the molecule is COc1ccc(Cl)cc1CNC1CC(C(=O)O)N(C(=O)C2CCCO2)C1c1ccccc1. The number of aliphatic carboxylic acids is 1. The summed E-state index contributed by atoms with van der Waals surface area (Å²) < 4.78 is 11.1. The fraction of sp³-hybridized carbons (Fsp3) is 0.417. The molecule has 2 N–H and O–H groups in total. The van der Waals surface area contributed by atoms with Crippen LogP contribution >= 0.6 is 11.6 Å². The smallest absolute Gasteiger partial charge is 0.326 e. The zero-order valence-electron chi connectivity index (χ0n) is 17.9. The van der Waals surface area contributed by atoms with E-state index in [1.54, 1.807) is 19.2 Å². The number of nitrogens with zero attached hydrogens (tertiary/aromatic N) is 1. The molecule has 2 aliphatic heterocycles. The van der Waals surface area contributed by atoms with Gasteiger partial charge in [-0.2, -0.15) is 0 Å². The van der Waals surface area contributed by atoms with Crippen LogP contribution in [0.3, 0.4) is 0 Å². The largest absolute Gasteiger partial charge is 0.496 e. The highest BCUT2D eigenvalue weighted by Gasteiger charge is 2.49. The molecule has 2 aliphatic rings. The van der Waals surface area contributed by atoms with E-state index in [0.717, 1.165) is 17.5 Å². The molecule has 2 aromatic rings. The molecule has 2 fully saturated rings. The van der Waals surface area contributed by atoms with Crippen molar-refractivity contribution >= 4 is 23.5 Å². The Balaban J connectivity index is 1.65. The Morgan fingerprint density at radius 1 is 1.25 bits per heavy atom. The van der Waals surface area contributed by atoms with E-state index in [1.165, 1.54) is 4.90 Å². The van der Waals surface area contributed by atoms with E-state index in [-0.39, 0.29) is 18.4 Å². The minimum atomic E-state index is -1.01. The summed E-state index contributed by atoms with van der Waals surface area (Å²) in [6.07, 6.45) is 1.11. The lowest BCUT2D eigenvalue weighted by atomic mass is 9.99. The first kappa shape index (κ1) is 22.6. The first-order valence-electron chi connectivity index (χ1n) is 10.8. The highest BCUT2D eigenvalue weighted by Crippen LogP contribution is 2.39. The fourth-order valence-corrected chi connectivity index (χ4v) is 4.88. The average molecular weight is 459 g/mol. The third kappa shape index (κ3) is 4.60. The van der Waals surface area contributed by atoms with Crippen LogP contribution in [0.4, 0.5) is 0 Å². The maximum Gasteiger partial charge on any atom is 0.326 e. The summed E-state index contributed by atoms with van der Waals surface area (Å²) in [5.41, 5.74) is 1.75. The number of benzene rings is 2. The van der Waals surface area contributed by atoms with E-state index in [2.05, 4.69) is 5.32 Å². The number of halogens is 1. The van der Waals surface area contributed by atoms with Crippen molar-refractivity contribution in [2.75, 3.05) is 13.7 Å². The van der Waals surface area contributed by atoms with Gasteiger partial charge >= 0.3 is 5.97 Å². The number of methoxy groups -OCH3 is 1. The highest BCUT2D eigenvalue weighted by molar-refractivity contribution is 6.30. The molecule has 0 aliphatic carbocycles. The van der Waals surface area contributed by atoms with Crippen LogP contribution in [-0.4, -0.2) is 53.8 Å². The summed E-state index contributed by atoms with van der Waals surface area (Å²) in [6.45, 7) is 0.945. The van der Waals surface area contributed by atoms with Crippen molar-refractivity contribution in [3.05, 3.63) is 64.7 Å². The second-order valence-electron chi connectivity index (χ2n) is 8.14. The van der Waals surface area contributed by atoms with Gasteiger partial charge in [0, 0.05) is 29.8 Å². The van der Waals surface area contributed by atoms with Gasteiger partial charge in [-0.15, -0.1) is 0 Å². The van der Waals surface area contributed by atoms with Crippen LogP contribution in [0.2, 0.25) is 5.02 Å². The maximum absolute atomic E-state index is 13.4. The molecule has 0 radical (unpaired) electrons. The zero-order valence-corrected chi connectivity index (χ0v) is 18.6. The molecular weight excluding hydrogens is 432 g/mol. The van der Waals surface area contributed by atoms with Crippen molar-refractivity contribution in [1.82, 2.24) is 10.2 Å². The van der Waals surface area contributed by atoms with Gasteiger partial charge in [-0.05, 0) is 43.0 Å². The fourth-order valence-electron chi connectivity index (χ4n) is 4.68. The normalized spacial score (nSPS) is 25.1. The van der Waals surface area contributed by atoms with Gasteiger partial charge in [-0.25, -0.2) is 4.79 Å². The van der Waals surface area contributed by atoms with Crippen molar-refractivity contribution in [1.29, 1.82) is 0 Å². The van der Waals surface area contributed by atoms with Crippen LogP contribution < -0.4 is 10.1 Å². The second kappa shape index (κ2) is 9.90. The molecule has 0 spiro atoms. The van der Waals surface area contributed by atoms with Crippen molar-refractivity contribution < 1.29 is 24.2 Å². The molecule has 7 nitrogen and oxygen atoms in total. The summed E-state index contributed by atoms with van der Waals surface area (Å²) >= 11 is 6.17. The van der Waals surface area contributed by atoms with E-state index >= 15 is 0 Å². The quantitative estimate of drug-likeness (QED) is 0.661. The Labute approximate surface area is 192 Å². The van der Waals surface area contributed by atoms with Gasteiger partial charge < -0.3 is 24.8 Å². The van der Waals surface area contributed by atoms with Crippen molar-refractivity contribution in [3.8, 4) is 5.75 Å². The molecular formula is C24H27ClN2O5. The number of carbonyl (C=O) groups excluding carboxylic acids is 1. The van der Waals surface area contributed by atoms with E-state index in [0.29, 0.717) is 30.3 Å². The number of carboxylic acid groups (broad SMARTS) is 1. The van der Waals surface area contributed by atoms with Gasteiger partial charge in [0.05, 0.1) is 13.2 Å². The lowest BCUT2D eigenvalue weighted by Gasteiger charge is -2.32. The minimum Gasteiger partial charge on any atom is -0.496 e. The molecule has 0 bridgehead atoms. The molecule has 32 heavy (non-hydrogen) atoms. The predicted octanol–water partition coefficient (Wildman–Crippen LogP) is 3.41. The maximum atomic E-state index is 13.4. The lowest BCUT2D eigenvalue weighted by Crippen LogP contribution is -2.47. The highest BCUT2D eigenvalue weighted by atomic mass is 35.5. The van der Waals surface area contributed by atoms with Crippen LogP contribution in [0.1, 0.15) is 36.4 Å². The summed E-state index contributed by atoms with van der Waals surface area (Å²) in [5.74, 6) is -0.575. The number of rotatable bonds is 7. The number of amides is 1. The topological polar surface area (TPSA) is 88.1 Å². The molecule has 4 atom stereocenters. The number of hydrogen-bond acceptors (Lipinski definition) is 5. The number of ether oxygens (including phenoxy) is 2. The van der Waals surface area contributed by atoms with Gasteiger partial charge in [0.25, 0.3) is 5.91 Å². The van der Waals surface area contributed by atoms with Crippen molar-refractivity contribution in [3.63, 3.8) is 0 Å². The Hall–Kier alpha value is -2.61. The molecule has 0 saturated carbocycles. The molecule has 0 aromatic heterocycles. The van der Waals surface area contributed by atoms with Gasteiger partial charge in [0.2, 0.25) is 0 Å². The summed E-state index contributed by atoms with van der Waals surface area (Å²) in [4.78, 5) is 27.1. The third-order valence-corrected chi connectivity index (χ3v) is 6.41. The molecule has 4 rings (SSSR count). The summed E-state index contributed by atoms with van der Waals surface area (Å²) in [5, 5.41) is 14.0. The Kier molecular flexibility index (Phi) is 6.98. The molecule has 8 heteroatoms. The second-order valence-corrected chi connectivity index (χ2v) is 8.57. The average Bonchev–Trinajstić information content (AvgIpc) is 3.46. The number of carboxylic acids is 1. The van der Waals surface area contributed by atoms with Crippen LogP contribution in [-0.2, 0) is 20.9 Å². The van der Waals surface area contributed by atoms with E-state index in [9.17, 15) is 14.7 Å². The van der Waals surface area contributed by atoms with E-state index in [4.69, 9.17) is 21.1 Å². The molecule has 2 aromatic carbocycles. The summed E-state index contributed by atoms with van der Waals surface area (Å²) in [7, 11) is 1.59. The number of likely N-dealkylation sites (tertiary alicyclic amines) is 1. The van der Waals surface area contributed by atoms with E-state index in [1.807, 2.05) is 36.4 Å². The molecule has 170 valence electrons. The molecule has 4 unspecified atom stereocenters. The van der Waals surface area contributed by atoms with Crippen molar-refractivity contribution in [2.24, 2.45) is 0 Å². The number of nitrogens with one attached hydrogen (secondary N) is 1. The van der Waals surface area contributed by atoms with Crippen LogP contribution in [0.15, 0.2) is 48.5 Å². The standard InChI is InChI=1S/C24H27ClN2O5/c1-31-20-10-9-17(25)12-16(20)14-26-18-13-19(24(29)30)27(23(28)21-8-5-11-32-21)22(18)15-6-3-2-4-7-15/h2-4,6-7,9-10,12,18-19,21-22,26H,5,8,11,13-14H2,1H3,(H,29,30). The number of carbonyl (C=O) groups is 2. The summed E-state index contributed by atoms with van der Waals surface area (Å²) in [6, 6.07) is 13.3. The van der Waals surface area contributed by atoms with E-state index < -0.39 is 24.2 Å². The number of hydrogen-bond donors (Lipinski definition) is 2. The van der Waals surface area contributed by atoms with Crippen LogP contribution in [0.5, 0.6) is 5.75 Å². The Bertz CT molecular complexity index is 964.